The van der Waals surface area contributed by atoms with Crippen LogP contribution in [0.1, 0.15) is 17.3 Å². The number of pyridine rings is 1. The average molecular weight is 363 g/mol. The summed E-state index contributed by atoms with van der Waals surface area (Å²) < 4.78 is 10.2. The minimum atomic E-state index is -1.02. The van der Waals surface area contributed by atoms with Crippen LogP contribution in [0.5, 0.6) is 5.75 Å². The number of hydrogen-bond donors (Lipinski definition) is 1. The van der Waals surface area contributed by atoms with E-state index in [1.165, 1.54) is 19.2 Å². The van der Waals surface area contributed by atoms with Gasteiger partial charge in [0.15, 0.2) is 12.7 Å². The zero-order chi connectivity index (χ0) is 18.2. The monoisotopic (exact) mass is 362 g/mol. The van der Waals surface area contributed by atoms with Crippen LogP contribution in [0.3, 0.4) is 0 Å². The number of carbonyl (C=O) groups excluding carboxylic acids is 3. The van der Waals surface area contributed by atoms with Crippen molar-refractivity contribution in [2.75, 3.05) is 11.9 Å². The van der Waals surface area contributed by atoms with Gasteiger partial charge in [-0.3, -0.25) is 9.59 Å². The van der Waals surface area contributed by atoms with Gasteiger partial charge >= 0.3 is 5.97 Å². The molecule has 0 fully saturated rings. The number of aldehydes is 1. The Morgan fingerprint density at radius 3 is 2.56 bits per heavy atom. The van der Waals surface area contributed by atoms with Crippen LogP contribution in [0.4, 0.5) is 5.82 Å². The number of aromatic nitrogens is 1. The lowest BCUT2D eigenvalue weighted by Crippen LogP contribution is -2.31. The Hall–Kier alpha value is -2.93. The maximum Gasteiger partial charge on any atom is 0.344 e. The van der Waals surface area contributed by atoms with E-state index in [-0.39, 0.29) is 6.61 Å². The van der Waals surface area contributed by atoms with Crippen molar-refractivity contribution in [2.45, 2.75) is 13.0 Å². The van der Waals surface area contributed by atoms with Gasteiger partial charge in [-0.2, -0.15) is 0 Å². The van der Waals surface area contributed by atoms with Crippen LogP contribution in [0.15, 0.2) is 42.6 Å². The van der Waals surface area contributed by atoms with Crippen molar-refractivity contribution in [2.24, 2.45) is 0 Å². The van der Waals surface area contributed by atoms with Crippen molar-refractivity contribution in [3.05, 3.63) is 53.2 Å². The molecule has 0 radical (unpaired) electrons. The summed E-state index contributed by atoms with van der Waals surface area (Å²) in [4.78, 5) is 38.1. The van der Waals surface area contributed by atoms with Crippen LogP contribution in [0.2, 0.25) is 5.02 Å². The molecule has 1 heterocycles. The maximum atomic E-state index is 11.9. The van der Waals surface area contributed by atoms with Crippen LogP contribution >= 0.6 is 11.6 Å². The molecule has 2 aromatic rings. The summed E-state index contributed by atoms with van der Waals surface area (Å²) in [5.74, 6) is -0.529. The Morgan fingerprint density at radius 1 is 1.24 bits per heavy atom. The third-order valence-corrected chi connectivity index (χ3v) is 3.25. The number of amides is 1. The highest BCUT2D eigenvalue weighted by Crippen LogP contribution is 2.12. The smallest absolute Gasteiger partial charge is 0.344 e. The highest BCUT2D eigenvalue weighted by atomic mass is 35.5. The van der Waals surface area contributed by atoms with Crippen LogP contribution in [0.25, 0.3) is 0 Å². The van der Waals surface area contributed by atoms with E-state index in [9.17, 15) is 14.4 Å². The normalized spacial score (nSPS) is 11.3. The molecule has 0 aliphatic heterocycles. The van der Waals surface area contributed by atoms with Gasteiger partial charge in [0.2, 0.25) is 0 Å². The Labute approximate surface area is 148 Å². The Kier molecular flexibility index (Phi) is 6.47. The molecule has 7 nitrogen and oxygen atoms in total. The molecule has 0 aliphatic carbocycles. The van der Waals surface area contributed by atoms with Crippen molar-refractivity contribution >= 4 is 35.6 Å². The van der Waals surface area contributed by atoms with Gasteiger partial charge in [0, 0.05) is 11.8 Å². The lowest BCUT2D eigenvalue weighted by Gasteiger charge is -2.13. The van der Waals surface area contributed by atoms with Gasteiger partial charge in [-0.05, 0) is 43.3 Å². The molecule has 1 aromatic heterocycles. The fourth-order valence-electron chi connectivity index (χ4n) is 1.75. The highest BCUT2D eigenvalue weighted by molar-refractivity contribution is 6.30. The second-order valence-electron chi connectivity index (χ2n) is 4.96. The molecule has 0 bridgehead atoms. The predicted molar refractivity (Wildman–Crippen MR) is 90.8 cm³/mol. The van der Waals surface area contributed by atoms with Crippen molar-refractivity contribution in [1.82, 2.24) is 4.98 Å². The number of nitrogens with zero attached hydrogens (tertiary/aromatic N) is 1. The van der Waals surface area contributed by atoms with Crippen LogP contribution < -0.4 is 10.1 Å². The number of benzene rings is 1. The second-order valence-corrected chi connectivity index (χ2v) is 5.39. The van der Waals surface area contributed by atoms with Crippen LogP contribution in [-0.4, -0.2) is 35.9 Å². The SMILES string of the molecule is C[C@@H](OC(=O)COc1ccc(C=O)cc1)C(=O)Nc1ccc(Cl)cn1. The summed E-state index contributed by atoms with van der Waals surface area (Å²) in [6.45, 7) is 1.07. The average Bonchev–Trinajstić information content (AvgIpc) is 2.62. The first-order valence-electron chi connectivity index (χ1n) is 7.28. The largest absolute Gasteiger partial charge is 0.482 e. The first-order valence-corrected chi connectivity index (χ1v) is 7.65. The van der Waals surface area contributed by atoms with Gasteiger partial charge < -0.3 is 14.8 Å². The predicted octanol–water partition coefficient (Wildman–Crippen LogP) is 2.50. The van der Waals surface area contributed by atoms with Crippen molar-refractivity contribution in [3.63, 3.8) is 0 Å². The first kappa shape index (κ1) is 18.4. The molecule has 130 valence electrons. The molecule has 0 unspecified atom stereocenters. The Balaban J connectivity index is 1.79. The van der Waals surface area contributed by atoms with Crippen molar-refractivity contribution in [1.29, 1.82) is 0 Å². The Bertz CT molecular complexity index is 747. The third kappa shape index (κ3) is 5.89. The molecule has 2 rings (SSSR count). The first-order chi connectivity index (χ1) is 12.0. The van der Waals surface area contributed by atoms with E-state index in [1.54, 1.807) is 30.3 Å². The van der Waals surface area contributed by atoms with Crippen molar-refractivity contribution < 1.29 is 23.9 Å². The number of nitrogens with one attached hydrogen (secondary N) is 1. The molecule has 1 atom stereocenters. The minimum absolute atomic E-state index is 0.295. The van der Waals surface area contributed by atoms with Gasteiger partial charge in [-0.15, -0.1) is 0 Å². The molecule has 8 heteroatoms. The summed E-state index contributed by atoms with van der Waals surface area (Å²) >= 11 is 5.71. The molecular formula is C17H15ClN2O5. The number of carbonyl (C=O) groups is 3. The molecule has 1 aromatic carbocycles. The third-order valence-electron chi connectivity index (χ3n) is 3.03. The summed E-state index contributed by atoms with van der Waals surface area (Å²) in [6.07, 6.45) is 1.07. The zero-order valence-corrected chi connectivity index (χ0v) is 14.0. The molecule has 0 spiro atoms. The minimum Gasteiger partial charge on any atom is -0.482 e. The van der Waals surface area contributed by atoms with Gasteiger partial charge in [-0.1, -0.05) is 11.6 Å². The maximum absolute atomic E-state index is 11.9. The van der Waals surface area contributed by atoms with Gasteiger partial charge in [0.25, 0.3) is 5.91 Å². The Morgan fingerprint density at radius 2 is 1.96 bits per heavy atom. The molecule has 25 heavy (non-hydrogen) atoms. The van der Waals surface area contributed by atoms with Gasteiger partial charge in [0.1, 0.15) is 17.9 Å². The summed E-state index contributed by atoms with van der Waals surface area (Å²) in [5, 5.41) is 2.94. The molecule has 1 N–H and O–H groups in total. The number of ether oxygens (including phenoxy) is 2. The molecule has 1 amide bonds. The second kappa shape index (κ2) is 8.79. The molecule has 0 saturated heterocycles. The van der Waals surface area contributed by atoms with Crippen LogP contribution in [-0.2, 0) is 14.3 Å². The van der Waals surface area contributed by atoms with E-state index in [0.29, 0.717) is 28.4 Å². The fraction of sp³-hybridized carbons (Fsp3) is 0.176. The number of rotatable bonds is 7. The van der Waals surface area contributed by atoms with E-state index in [2.05, 4.69) is 10.3 Å². The molecular weight excluding hydrogens is 348 g/mol. The summed E-state index contributed by atoms with van der Waals surface area (Å²) in [6, 6.07) is 9.33. The topological polar surface area (TPSA) is 94.6 Å². The number of hydrogen-bond acceptors (Lipinski definition) is 6. The van der Waals surface area contributed by atoms with E-state index < -0.39 is 18.0 Å². The molecule has 0 saturated carbocycles. The fourth-order valence-corrected chi connectivity index (χ4v) is 1.86. The lowest BCUT2D eigenvalue weighted by atomic mass is 10.2. The van der Waals surface area contributed by atoms with Gasteiger partial charge in [-0.25, -0.2) is 9.78 Å². The van der Waals surface area contributed by atoms with E-state index >= 15 is 0 Å². The summed E-state index contributed by atoms with van der Waals surface area (Å²) in [7, 11) is 0. The van der Waals surface area contributed by atoms with E-state index in [1.807, 2.05) is 0 Å². The van der Waals surface area contributed by atoms with E-state index in [0.717, 1.165) is 0 Å². The van der Waals surface area contributed by atoms with Gasteiger partial charge in [0.05, 0.1) is 5.02 Å². The molecule has 0 aliphatic rings. The van der Waals surface area contributed by atoms with Crippen molar-refractivity contribution in [3.8, 4) is 5.75 Å². The zero-order valence-electron chi connectivity index (χ0n) is 13.3. The lowest BCUT2D eigenvalue weighted by molar-refractivity contribution is -0.155. The number of anilines is 1. The summed E-state index contributed by atoms with van der Waals surface area (Å²) in [5.41, 5.74) is 0.496. The number of esters is 1. The standard InChI is InChI=1S/C17H15ClN2O5/c1-11(17(23)20-15-7-4-13(18)8-19-15)25-16(22)10-24-14-5-2-12(9-21)3-6-14/h2-9,11H,10H2,1H3,(H,19,20,23)/t11-/m1/s1. The number of halogens is 1. The quantitative estimate of drug-likeness (QED) is 0.600. The highest BCUT2D eigenvalue weighted by Gasteiger charge is 2.18. The van der Waals surface area contributed by atoms with E-state index in [4.69, 9.17) is 21.1 Å². The van der Waals surface area contributed by atoms with Crippen LogP contribution in [0, 0.1) is 0 Å².